The summed E-state index contributed by atoms with van der Waals surface area (Å²) in [6, 6.07) is 9.09. The Kier molecular flexibility index (Phi) is 7.51. The van der Waals surface area contributed by atoms with Crippen molar-refractivity contribution in [1.82, 2.24) is 9.80 Å². The maximum absolute atomic E-state index is 9.26. The molecule has 1 aliphatic heterocycles. The monoisotopic (exact) mass is 332 g/mol. The third-order valence-electron chi connectivity index (χ3n) is 4.16. The summed E-state index contributed by atoms with van der Waals surface area (Å²) in [6.07, 6.45) is 1.10. The van der Waals surface area contributed by atoms with Gasteiger partial charge < -0.3 is 9.64 Å². The van der Waals surface area contributed by atoms with Crippen molar-refractivity contribution in [2.24, 2.45) is 5.92 Å². The van der Waals surface area contributed by atoms with Crippen molar-refractivity contribution in [3.63, 3.8) is 0 Å². The molecular formula is C17H24N4OS. The highest BCUT2D eigenvalue weighted by Gasteiger charge is 2.25. The molecule has 2 atom stereocenters. The lowest BCUT2D eigenvalue weighted by Crippen LogP contribution is -2.43. The number of nitriles is 2. The van der Waals surface area contributed by atoms with Crippen LogP contribution in [0, 0.1) is 28.6 Å². The van der Waals surface area contributed by atoms with Crippen molar-refractivity contribution < 1.29 is 4.74 Å². The van der Waals surface area contributed by atoms with E-state index in [0.29, 0.717) is 25.4 Å². The van der Waals surface area contributed by atoms with Gasteiger partial charge in [0, 0.05) is 37.5 Å². The van der Waals surface area contributed by atoms with Crippen LogP contribution in [0.5, 0.6) is 0 Å². The molecule has 0 aliphatic carbocycles. The molecule has 2 heterocycles. The van der Waals surface area contributed by atoms with Crippen molar-refractivity contribution in [1.29, 1.82) is 10.5 Å². The van der Waals surface area contributed by atoms with Crippen molar-refractivity contribution in [2.75, 3.05) is 46.4 Å². The van der Waals surface area contributed by atoms with Crippen LogP contribution in [-0.2, 0) is 4.74 Å². The molecule has 0 N–H and O–H groups in total. The topological polar surface area (TPSA) is 63.3 Å². The van der Waals surface area contributed by atoms with Gasteiger partial charge in [-0.1, -0.05) is 6.07 Å². The number of nitrogens with zero attached hydrogens (tertiary/aromatic N) is 4. The van der Waals surface area contributed by atoms with E-state index >= 15 is 0 Å². The van der Waals surface area contributed by atoms with E-state index in [-0.39, 0.29) is 5.92 Å². The van der Waals surface area contributed by atoms with Gasteiger partial charge in [-0.2, -0.15) is 10.5 Å². The van der Waals surface area contributed by atoms with Crippen LogP contribution in [0.25, 0.3) is 0 Å². The lowest BCUT2D eigenvalue weighted by molar-refractivity contribution is 0.00959. The summed E-state index contributed by atoms with van der Waals surface area (Å²) >= 11 is 1.79. The molecule has 0 saturated carbocycles. The molecule has 0 bridgehead atoms. The highest BCUT2D eigenvalue weighted by molar-refractivity contribution is 7.10. The third kappa shape index (κ3) is 5.60. The minimum absolute atomic E-state index is 0.0756. The third-order valence-corrected chi connectivity index (χ3v) is 5.14. The van der Waals surface area contributed by atoms with Crippen molar-refractivity contribution in [3.8, 4) is 12.1 Å². The fourth-order valence-corrected chi connectivity index (χ4v) is 3.79. The number of morpholine rings is 1. The van der Waals surface area contributed by atoms with Gasteiger partial charge >= 0.3 is 0 Å². The van der Waals surface area contributed by atoms with Crippen molar-refractivity contribution in [3.05, 3.63) is 22.4 Å². The Morgan fingerprint density at radius 1 is 1.35 bits per heavy atom. The highest BCUT2D eigenvalue weighted by atomic mass is 32.1. The summed E-state index contributed by atoms with van der Waals surface area (Å²) in [7, 11) is 2.07. The Balaban J connectivity index is 1.97. The molecule has 0 spiro atoms. The molecular weight excluding hydrogens is 308 g/mol. The van der Waals surface area contributed by atoms with E-state index in [0.717, 1.165) is 32.8 Å². The smallest absolute Gasteiger partial charge is 0.0669 e. The Hall–Kier alpha value is -1.44. The number of thiophene rings is 1. The zero-order chi connectivity index (χ0) is 16.5. The normalized spacial score (nSPS) is 18.3. The minimum atomic E-state index is -0.0756. The Morgan fingerprint density at radius 2 is 2.13 bits per heavy atom. The molecule has 1 saturated heterocycles. The number of hydrogen-bond acceptors (Lipinski definition) is 6. The number of rotatable bonds is 8. The predicted molar refractivity (Wildman–Crippen MR) is 90.9 cm³/mol. The van der Waals surface area contributed by atoms with Gasteiger partial charge in [-0.15, -0.1) is 11.3 Å². The Morgan fingerprint density at radius 3 is 2.74 bits per heavy atom. The van der Waals surface area contributed by atoms with Crippen LogP contribution in [0.3, 0.4) is 0 Å². The average Bonchev–Trinajstić information content (AvgIpc) is 3.11. The number of ether oxygens (including phenoxy) is 1. The first-order valence-corrected chi connectivity index (χ1v) is 8.93. The fourth-order valence-electron chi connectivity index (χ4n) is 2.94. The maximum atomic E-state index is 9.26. The van der Waals surface area contributed by atoms with Crippen LogP contribution in [-0.4, -0.2) is 56.2 Å². The number of likely N-dealkylation sites (N-methyl/N-ethyl adjacent to an activating group) is 1. The zero-order valence-electron chi connectivity index (χ0n) is 13.6. The quantitative estimate of drug-likeness (QED) is 0.732. The van der Waals surface area contributed by atoms with E-state index in [1.165, 1.54) is 4.88 Å². The van der Waals surface area contributed by atoms with Gasteiger partial charge in [0.1, 0.15) is 0 Å². The zero-order valence-corrected chi connectivity index (χ0v) is 14.5. The molecule has 1 aliphatic rings. The van der Waals surface area contributed by atoms with Gasteiger partial charge in [-0.3, -0.25) is 4.90 Å². The van der Waals surface area contributed by atoms with Crippen LogP contribution in [0.15, 0.2) is 17.5 Å². The van der Waals surface area contributed by atoms with Crippen LogP contribution in [0.1, 0.15) is 23.8 Å². The lowest BCUT2D eigenvalue weighted by Gasteiger charge is -2.36. The summed E-state index contributed by atoms with van der Waals surface area (Å²) in [4.78, 5) is 6.07. The molecule has 0 amide bonds. The Bertz CT molecular complexity index is 528. The summed E-state index contributed by atoms with van der Waals surface area (Å²) < 4.78 is 5.47. The van der Waals surface area contributed by atoms with Crippen LogP contribution in [0.2, 0.25) is 0 Å². The molecule has 1 aromatic rings. The SMILES string of the molecule is CN(C[C@@H](C#N)CCC#N)C[C@H](c1cccs1)N1CCOCC1. The molecule has 124 valence electrons. The average molecular weight is 332 g/mol. The molecule has 0 radical (unpaired) electrons. The van der Waals surface area contributed by atoms with E-state index in [1.807, 2.05) is 0 Å². The second-order valence-corrected chi connectivity index (χ2v) is 6.90. The molecule has 2 rings (SSSR count). The molecule has 23 heavy (non-hydrogen) atoms. The molecule has 5 nitrogen and oxygen atoms in total. The molecule has 1 aromatic heterocycles. The van der Waals surface area contributed by atoms with Crippen LogP contribution in [0.4, 0.5) is 0 Å². The first kappa shape index (κ1) is 17.9. The standard InChI is InChI=1S/C17H24N4OS/c1-20(13-15(12-19)4-2-6-18)14-16(17-5-3-11-23-17)21-7-9-22-10-8-21/h3,5,11,15-16H,2,4,7-10,13-14H2,1H3/t15-,16-/m1/s1. The van der Waals surface area contributed by atoms with Gasteiger partial charge in [-0.05, 0) is 24.9 Å². The second-order valence-electron chi connectivity index (χ2n) is 5.92. The van der Waals surface area contributed by atoms with Crippen molar-refractivity contribution >= 4 is 11.3 Å². The van der Waals surface area contributed by atoms with E-state index < -0.39 is 0 Å². The lowest BCUT2D eigenvalue weighted by atomic mass is 10.0. The van der Waals surface area contributed by atoms with Crippen LogP contribution >= 0.6 is 11.3 Å². The molecule has 1 fully saturated rings. The van der Waals surface area contributed by atoms with Gasteiger partial charge in [0.15, 0.2) is 0 Å². The van der Waals surface area contributed by atoms with Crippen molar-refractivity contribution in [2.45, 2.75) is 18.9 Å². The molecule has 0 unspecified atom stereocenters. The van der Waals surface area contributed by atoms with Crippen LogP contribution < -0.4 is 0 Å². The van der Waals surface area contributed by atoms with Gasteiger partial charge in [0.05, 0.1) is 37.3 Å². The van der Waals surface area contributed by atoms with Gasteiger partial charge in [-0.25, -0.2) is 0 Å². The van der Waals surface area contributed by atoms with E-state index in [2.05, 4.69) is 46.5 Å². The molecule has 6 heteroatoms. The summed E-state index contributed by atoms with van der Waals surface area (Å²) in [5.41, 5.74) is 0. The fraction of sp³-hybridized carbons (Fsp3) is 0.647. The summed E-state index contributed by atoms with van der Waals surface area (Å²) in [5, 5.41) is 20.1. The largest absolute Gasteiger partial charge is 0.379 e. The first-order chi connectivity index (χ1) is 11.2. The predicted octanol–water partition coefficient (Wildman–Crippen LogP) is 2.50. The highest BCUT2D eigenvalue weighted by Crippen LogP contribution is 2.27. The summed E-state index contributed by atoms with van der Waals surface area (Å²) in [5.74, 6) is -0.0756. The van der Waals surface area contributed by atoms with Gasteiger partial charge in [0.2, 0.25) is 0 Å². The van der Waals surface area contributed by atoms with Gasteiger partial charge in [0.25, 0.3) is 0 Å². The summed E-state index contributed by atoms with van der Waals surface area (Å²) in [6.45, 7) is 5.08. The second kappa shape index (κ2) is 9.64. The maximum Gasteiger partial charge on any atom is 0.0669 e. The van der Waals surface area contributed by atoms with E-state index in [1.54, 1.807) is 11.3 Å². The van der Waals surface area contributed by atoms with E-state index in [9.17, 15) is 5.26 Å². The molecule has 0 aromatic carbocycles. The minimum Gasteiger partial charge on any atom is -0.379 e. The van der Waals surface area contributed by atoms with E-state index in [4.69, 9.17) is 10.00 Å². The Labute approximate surface area is 142 Å². The first-order valence-electron chi connectivity index (χ1n) is 8.05. The number of hydrogen-bond donors (Lipinski definition) is 0.